The zero-order valence-corrected chi connectivity index (χ0v) is 6.64. The van der Waals surface area contributed by atoms with Gasteiger partial charge in [0.05, 0.1) is 18.8 Å². The van der Waals surface area contributed by atoms with E-state index in [0.717, 1.165) is 6.54 Å². The molecule has 3 aliphatic heterocycles. The minimum atomic E-state index is 0.0486. The third kappa shape index (κ3) is 0.732. The van der Waals surface area contributed by atoms with Crippen LogP contribution in [0.5, 0.6) is 0 Å². The molecule has 4 heteroatoms. The van der Waals surface area contributed by atoms with Gasteiger partial charge in [0.1, 0.15) is 11.8 Å². The van der Waals surface area contributed by atoms with Gasteiger partial charge in [0, 0.05) is 18.8 Å². The SMILES string of the molecule is O=C1C[C@@H]2O[C@H](C1)[C@H]1N=NC[C@H]12. The number of azo groups is 1. The summed E-state index contributed by atoms with van der Waals surface area (Å²) in [5.74, 6) is 0.738. The third-order valence-corrected chi connectivity index (χ3v) is 3.01. The summed E-state index contributed by atoms with van der Waals surface area (Å²) in [6.07, 6.45) is 1.31. The van der Waals surface area contributed by atoms with Crippen molar-refractivity contribution < 1.29 is 9.53 Å². The minimum absolute atomic E-state index is 0.0486. The molecule has 12 heavy (non-hydrogen) atoms. The summed E-state index contributed by atoms with van der Waals surface area (Å²) < 4.78 is 5.66. The number of fused-ring (bicyclic) bond motifs is 5. The van der Waals surface area contributed by atoms with Crippen LogP contribution in [0.15, 0.2) is 10.2 Å². The molecule has 3 heterocycles. The van der Waals surface area contributed by atoms with Gasteiger partial charge in [-0.3, -0.25) is 4.79 Å². The number of carbonyl (C=O) groups is 1. The molecule has 2 saturated heterocycles. The predicted octanol–water partition coefficient (Wildman–Crippen LogP) is 0.567. The van der Waals surface area contributed by atoms with Crippen molar-refractivity contribution in [2.75, 3.05) is 6.54 Å². The Bertz CT molecular complexity index is 264. The van der Waals surface area contributed by atoms with E-state index >= 15 is 0 Å². The van der Waals surface area contributed by atoms with Gasteiger partial charge < -0.3 is 4.74 Å². The molecule has 0 aromatic heterocycles. The average Bonchev–Trinajstić information content (AvgIpc) is 2.56. The fourth-order valence-corrected chi connectivity index (χ4v) is 2.42. The molecule has 4 nitrogen and oxygen atoms in total. The van der Waals surface area contributed by atoms with Crippen LogP contribution in [0.2, 0.25) is 0 Å². The molecule has 0 N–H and O–H groups in total. The van der Waals surface area contributed by atoms with E-state index in [1.165, 1.54) is 0 Å². The Morgan fingerprint density at radius 2 is 2.17 bits per heavy atom. The van der Waals surface area contributed by atoms with Gasteiger partial charge in [-0.2, -0.15) is 10.2 Å². The van der Waals surface area contributed by atoms with Gasteiger partial charge in [0.25, 0.3) is 0 Å². The van der Waals surface area contributed by atoms with E-state index in [2.05, 4.69) is 10.2 Å². The van der Waals surface area contributed by atoms with Crippen LogP contribution in [0.1, 0.15) is 12.8 Å². The molecular weight excluding hydrogens is 156 g/mol. The van der Waals surface area contributed by atoms with E-state index in [4.69, 9.17) is 4.74 Å². The molecule has 0 saturated carbocycles. The zero-order valence-electron chi connectivity index (χ0n) is 6.64. The lowest BCUT2D eigenvalue weighted by atomic mass is 9.97. The number of hydrogen-bond acceptors (Lipinski definition) is 4. The summed E-state index contributed by atoms with van der Waals surface area (Å²) in [6.45, 7) is 0.763. The molecule has 2 fully saturated rings. The first-order valence-electron chi connectivity index (χ1n) is 4.38. The number of ether oxygens (including phenoxy) is 1. The van der Waals surface area contributed by atoms with Crippen molar-refractivity contribution in [1.82, 2.24) is 0 Å². The first kappa shape index (κ1) is 6.71. The van der Waals surface area contributed by atoms with E-state index in [-0.39, 0.29) is 18.2 Å². The second-order valence-corrected chi connectivity index (χ2v) is 3.75. The van der Waals surface area contributed by atoms with Gasteiger partial charge >= 0.3 is 0 Å². The average molecular weight is 166 g/mol. The van der Waals surface area contributed by atoms with Gasteiger partial charge in [-0.15, -0.1) is 0 Å². The Morgan fingerprint density at radius 3 is 3.08 bits per heavy atom. The summed E-state index contributed by atoms with van der Waals surface area (Å²) in [7, 11) is 0. The summed E-state index contributed by atoms with van der Waals surface area (Å²) in [5, 5.41) is 8.13. The van der Waals surface area contributed by atoms with Crippen LogP contribution in [-0.2, 0) is 9.53 Å². The van der Waals surface area contributed by atoms with Gasteiger partial charge in [-0.05, 0) is 0 Å². The first-order chi connectivity index (χ1) is 5.84. The number of ketones is 1. The fourth-order valence-electron chi connectivity index (χ4n) is 2.42. The highest BCUT2D eigenvalue weighted by molar-refractivity contribution is 5.80. The van der Waals surface area contributed by atoms with E-state index in [1.54, 1.807) is 0 Å². The zero-order chi connectivity index (χ0) is 8.13. The van der Waals surface area contributed by atoms with Crippen molar-refractivity contribution in [3.05, 3.63) is 0 Å². The van der Waals surface area contributed by atoms with Crippen molar-refractivity contribution in [2.45, 2.75) is 31.1 Å². The predicted molar refractivity (Wildman–Crippen MR) is 39.9 cm³/mol. The second kappa shape index (κ2) is 2.13. The molecule has 4 atom stereocenters. The number of rotatable bonds is 0. The second-order valence-electron chi connectivity index (χ2n) is 3.75. The quantitative estimate of drug-likeness (QED) is 0.528. The fraction of sp³-hybridized carbons (Fsp3) is 0.875. The maximum atomic E-state index is 11.2. The van der Waals surface area contributed by atoms with E-state index in [0.29, 0.717) is 24.5 Å². The van der Waals surface area contributed by atoms with Crippen LogP contribution in [-0.4, -0.2) is 30.6 Å². The minimum Gasteiger partial charge on any atom is -0.371 e. The molecule has 0 amide bonds. The van der Waals surface area contributed by atoms with E-state index in [1.807, 2.05) is 0 Å². The molecule has 0 radical (unpaired) electrons. The number of nitrogens with zero attached hydrogens (tertiary/aromatic N) is 2. The van der Waals surface area contributed by atoms with E-state index in [9.17, 15) is 4.79 Å². The smallest absolute Gasteiger partial charge is 0.138 e. The van der Waals surface area contributed by atoms with Gasteiger partial charge in [0.15, 0.2) is 0 Å². The normalized spacial score (nSPS) is 49.8. The van der Waals surface area contributed by atoms with Crippen molar-refractivity contribution in [2.24, 2.45) is 16.1 Å². The maximum Gasteiger partial charge on any atom is 0.138 e. The summed E-state index contributed by atoms with van der Waals surface area (Å²) in [4.78, 5) is 11.2. The molecule has 0 aromatic carbocycles. The monoisotopic (exact) mass is 166 g/mol. The molecule has 0 unspecified atom stereocenters. The first-order valence-corrected chi connectivity index (χ1v) is 4.38. The van der Waals surface area contributed by atoms with Gasteiger partial charge in [0.2, 0.25) is 0 Å². The van der Waals surface area contributed by atoms with Crippen LogP contribution in [0.25, 0.3) is 0 Å². The molecule has 64 valence electrons. The molecule has 0 spiro atoms. The van der Waals surface area contributed by atoms with Crippen LogP contribution in [0.3, 0.4) is 0 Å². The molecule has 0 aliphatic carbocycles. The van der Waals surface area contributed by atoms with Crippen LogP contribution in [0.4, 0.5) is 0 Å². The van der Waals surface area contributed by atoms with Gasteiger partial charge in [-0.1, -0.05) is 0 Å². The van der Waals surface area contributed by atoms with Crippen LogP contribution < -0.4 is 0 Å². The highest BCUT2D eigenvalue weighted by atomic mass is 16.5. The number of Topliss-reactive ketones (excluding diaryl/α,β-unsaturated/α-hetero) is 1. The highest BCUT2D eigenvalue weighted by Gasteiger charge is 2.51. The molecular formula is C8H10N2O2. The highest BCUT2D eigenvalue weighted by Crippen LogP contribution is 2.40. The lowest BCUT2D eigenvalue weighted by Crippen LogP contribution is -2.28. The molecule has 2 bridgehead atoms. The van der Waals surface area contributed by atoms with Crippen molar-refractivity contribution in [3.8, 4) is 0 Å². The molecule has 3 aliphatic rings. The summed E-state index contributed by atoms with van der Waals surface area (Å²) in [5.41, 5.74) is 0. The van der Waals surface area contributed by atoms with E-state index < -0.39 is 0 Å². The summed E-state index contributed by atoms with van der Waals surface area (Å²) in [6, 6.07) is 0.196. The van der Waals surface area contributed by atoms with Crippen molar-refractivity contribution in [3.63, 3.8) is 0 Å². The number of carbonyl (C=O) groups excluding carboxylic acids is 1. The van der Waals surface area contributed by atoms with Crippen molar-refractivity contribution in [1.29, 1.82) is 0 Å². The standard InChI is InChI=1S/C8H10N2O2/c11-4-1-6-5-3-9-10-8(5)7(2-4)12-6/h5-8H,1-3H2/t5-,6-,7+,8-/m0/s1. The van der Waals surface area contributed by atoms with Crippen LogP contribution >= 0.6 is 0 Å². The molecule has 0 aromatic rings. The topological polar surface area (TPSA) is 51.0 Å². The summed E-state index contributed by atoms with van der Waals surface area (Å²) >= 11 is 0. The lowest BCUT2D eigenvalue weighted by molar-refractivity contribution is -0.130. The Balaban J connectivity index is 1.94. The Labute approximate surface area is 70.0 Å². The Kier molecular flexibility index (Phi) is 1.19. The third-order valence-electron chi connectivity index (χ3n) is 3.01. The molecule has 3 rings (SSSR count). The number of hydrogen-bond donors (Lipinski definition) is 0. The Morgan fingerprint density at radius 1 is 1.33 bits per heavy atom. The van der Waals surface area contributed by atoms with Gasteiger partial charge in [-0.25, -0.2) is 0 Å². The van der Waals surface area contributed by atoms with Crippen molar-refractivity contribution >= 4 is 5.78 Å². The lowest BCUT2D eigenvalue weighted by Gasteiger charge is -2.20. The largest absolute Gasteiger partial charge is 0.371 e. The Hall–Kier alpha value is -0.770. The van der Waals surface area contributed by atoms with Crippen LogP contribution in [0, 0.1) is 5.92 Å². The maximum absolute atomic E-state index is 11.2.